The Bertz CT molecular complexity index is 4560. The van der Waals surface area contributed by atoms with E-state index in [4.69, 9.17) is 16.1 Å². The summed E-state index contributed by atoms with van der Waals surface area (Å²) in [7, 11) is -1.31. The highest BCUT2D eigenvalue weighted by Gasteiger charge is 2.27. The maximum atomic E-state index is 14.8. The third kappa shape index (κ3) is 20.6. The Morgan fingerprint density at radius 1 is 0.538 bits per heavy atom. The van der Waals surface area contributed by atoms with E-state index in [0.717, 1.165) is 89.4 Å². The summed E-state index contributed by atoms with van der Waals surface area (Å²) in [5.41, 5.74) is 7.66. The van der Waals surface area contributed by atoms with Gasteiger partial charge in [-0.15, -0.1) is 0 Å². The number of nitrogens with one attached hydrogen (secondary N) is 2. The number of anilines is 6. The molecule has 8 aromatic rings. The number of aromatic nitrogens is 6. The molecule has 4 aromatic carbocycles. The van der Waals surface area contributed by atoms with E-state index >= 15 is 0 Å². The number of non-ortho nitro benzene ring substituents is 2. The molecule has 27 nitrogen and oxygen atoms in total. The van der Waals surface area contributed by atoms with Gasteiger partial charge in [-0.25, -0.2) is 36.9 Å². The third-order valence-electron chi connectivity index (χ3n) is 18.6. The van der Waals surface area contributed by atoms with Crippen LogP contribution in [0.2, 0.25) is 0 Å². The van der Waals surface area contributed by atoms with Crippen molar-refractivity contribution in [3.8, 4) is 12.1 Å². The Morgan fingerprint density at radius 3 is 1.35 bits per heavy atom. The monoisotopic (exact) mass is 1460 g/mol. The fraction of sp³-hybridized carbons (Fsp3) is 0.437. The van der Waals surface area contributed by atoms with Gasteiger partial charge in [0.25, 0.3) is 22.5 Å². The van der Waals surface area contributed by atoms with Crippen LogP contribution in [0, 0.1) is 72.0 Å². The molecular formula is C71H81F5N16O11S. The first kappa shape index (κ1) is 78.0. The second-order valence-electron chi connectivity index (χ2n) is 25.8. The highest BCUT2D eigenvalue weighted by Crippen LogP contribution is 2.34. The van der Waals surface area contributed by atoms with Crippen LogP contribution in [-0.2, 0) is 10.8 Å². The quantitative estimate of drug-likeness (QED) is 0.0220. The molecule has 0 amide bonds. The number of nitro benzene ring substituents is 2. The first-order valence-electron chi connectivity index (χ1n) is 34.2. The fourth-order valence-corrected chi connectivity index (χ4v) is 13.3. The molecule has 0 radical (unpaired) electrons. The lowest BCUT2D eigenvalue weighted by molar-refractivity contribution is -0.385. The van der Waals surface area contributed by atoms with E-state index in [1.54, 1.807) is 44.5 Å². The van der Waals surface area contributed by atoms with Crippen molar-refractivity contribution >= 4 is 78.6 Å². The summed E-state index contributed by atoms with van der Waals surface area (Å²) in [6, 6.07) is 22.4. The lowest BCUT2D eigenvalue weighted by Gasteiger charge is -2.31. The van der Waals surface area contributed by atoms with E-state index in [1.807, 2.05) is 21.9 Å². The van der Waals surface area contributed by atoms with E-state index < -0.39 is 43.8 Å². The first-order valence-corrected chi connectivity index (χ1v) is 35.8. The number of piperidine rings is 4. The van der Waals surface area contributed by atoms with Crippen molar-refractivity contribution in [1.29, 1.82) is 10.5 Å². The van der Waals surface area contributed by atoms with E-state index in [9.17, 15) is 76.6 Å². The van der Waals surface area contributed by atoms with Crippen LogP contribution in [-0.4, -0.2) is 147 Å². The van der Waals surface area contributed by atoms with Crippen molar-refractivity contribution in [2.24, 2.45) is 0 Å². The lowest BCUT2D eigenvalue weighted by Crippen LogP contribution is -2.36. The lowest BCUT2D eigenvalue weighted by atomic mass is 10.1. The van der Waals surface area contributed by atoms with Crippen LogP contribution >= 0.6 is 0 Å². The molecule has 552 valence electrons. The Labute approximate surface area is 596 Å². The van der Waals surface area contributed by atoms with Crippen LogP contribution in [0.3, 0.4) is 0 Å². The number of rotatable bonds is 10. The molecule has 2 saturated carbocycles. The van der Waals surface area contributed by atoms with Crippen LogP contribution in [0.15, 0.2) is 112 Å². The summed E-state index contributed by atoms with van der Waals surface area (Å²) in [6.45, 7) is 5.72. The molecule has 8 N–H and O–H groups in total. The maximum absolute atomic E-state index is 14.8. The van der Waals surface area contributed by atoms with E-state index in [0.29, 0.717) is 140 Å². The molecule has 6 aliphatic rings. The van der Waals surface area contributed by atoms with Gasteiger partial charge in [-0.1, -0.05) is 25.7 Å². The predicted octanol–water partition coefficient (Wildman–Crippen LogP) is 9.81. The Balaban J connectivity index is 0.000000154. The molecule has 1 atom stereocenters. The molecule has 2 aliphatic carbocycles. The van der Waals surface area contributed by atoms with Gasteiger partial charge in [0.2, 0.25) is 11.1 Å². The Kier molecular flexibility index (Phi) is 27.6. The molecule has 0 spiro atoms. The molecule has 6 fully saturated rings. The summed E-state index contributed by atoms with van der Waals surface area (Å²) in [5.74, 6) is -3.28. The number of aliphatic hydroxyl groups is 4. The molecule has 4 saturated heterocycles. The number of nitrogens with two attached hydrogens (primary N) is 1. The van der Waals surface area contributed by atoms with Gasteiger partial charge in [0.15, 0.2) is 17.5 Å². The Hall–Kier alpha value is -10.2. The standard InChI is InChI=1S/C24H25FN6O2.C14H14N4O2S.C11H13FN2O3.C11H15FN2O.C6H3F2NO2.C5H11NO/c25-20-12-17(5-6-21(20)30-9-7-19(32)8-10-30)28-24-27-14-16-11-15(13-26)23(33)31(22(16)29-24)18-3-1-2-4-18;1-21(20)14-16-8-10-6-9(7-15)13(19)18(12(10)17-14)11-4-2-3-5-11;12-10-7-8(14(16)17)1-2-11(10)13-5-3-9(15)4-6-13;12-10-7-8(13)1-2-11(10)14-5-3-9(15)4-6-14;7-5-2-1-4(9(10)11)3-6(5)8;7-5-1-3-6-4-2-5/h5-6,11-12,14,18-19,32H,1-4,7-10H2,(H,27,28,29);6,8,11H,2-5H2,1H3;1-2,7,9,15H,3-6H2;1-2,7,9,15H,3-6,13H2;1-3H;5-7H,1-4H2. The number of nitro groups is 2. The molecule has 4 aliphatic heterocycles. The van der Waals surface area contributed by atoms with E-state index in [1.165, 1.54) is 48.9 Å². The van der Waals surface area contributed by atoms with Gasteiger partial charge in [0, 0.05) is 104 Å². The van der Waals surface area contributed by atoms with Gasteiger partial charge in [0.1, 0.15) is 46.2 Å². The predicted molar refractivity (Wildman–Crippen MR) is 381 cm³/mol. The number of fused-ring (bicyclic) bond motifs is 2. The van der Waals surface area contributed by atoms with Gasteiger partial charge in [0.05, 0.1) is 74.3 Å². The first-order chi connectivity index (χ1) is 49.9. The zero-order valence-electron chi connectivity index (χ0n) is 57.0. The van der Waals surface area contributed by atoms with Gasteiger partial charge < -0.3 is 51.5 Å². The molecule has 104 heavy (non-hydrogen) atoms. The molecule has 14 rings (SSSR count). The minimum Gasteiger partial charge on any atom is -0.399 e. The zero-order chi connectivity index (χ0) is 74.7. The zero-order valence-corrected chi connectivity index (χ0v) is 57.8. The number of nitriles is 2. The van der Waals surface area contributed by atoms with Crippen molar-refractivity contribution in [3.05, 3.63) is 178 Å². The van der Waals surface area contributed by atoms with Crippen LogP contribution in [0.5, 0.6) is 0 Å². The largest absolute Gasteiger partial charge is 0.399 e. The maximum Gasteiger partial charge on any atom is 0.272 e. The second kappa shape index (κ2) is 36.8. The normalized spacial score (nSPS) is 17.1. The summed E-state index contributed by atoms with van der Waals surface area (Å²) in [4.78, 5) is 67.4. The van der Waals surface area contributed by atoms with Crippen molar-refractivity contribution in [2.75, 3.05) is 84.4 Å². The van der Waals surface area contributed by atoms with Gasteiger partial charge in [-0.05, 0) is 151 Å². The minimum absolute atomic E-state index is 0.0100. The summed E-state index contributed by atoms with van der Waals surface area (Å²) in [5, 5.41) is 83.9. The number of pyridine rings is 2. The third-order valence-corrected chi connectivity index (χ3v) is 19.3. The topological polar surface area (TPSA) is 387 Å². The highest BCUT2D eigenvalue weighted by molar-refractivity contribution is 7.84. The van der Waals surface area contributed by atoms with Gasteiger partial charge >= 0.3 is 0 Å². The smallest absolute Gasteiger partial charge is 0.272 e. The van der Waals surface area contributed by atoms with Gasteiger partial charge in [-0.3, -0.25) is 43.2 Å². The average molecular weight is 1460 g/mol. The van der Waals surface area contributed by atoms with Crippen molar-refractivity contribution in [1.82, 2.24) is 34.4 Å². The van der Waals surface area contributed by atoms with E-state index in [-0.39, 0.29) is 87.2 Å². The highest BCUT2D eigenvalue weighted by atomic mass is 32.2. The van der Waals surface area contributed by atoms with Crippen LogP contribution in [0.4, 0.5) is 67.7 Å². The SMILES string of the molecule is CS(=O)c1ncc2cc(C#N)c(=O)n(C3CCCC3)c2n1.N#Cc1cc2cnc(Nc3ccc(N4CCC(O)CC4)c(F)c3)nc2n(C2CCCC2)c1=O.Nc1ccc(N2CCC(O)CC2)c(F)c1.O=[N+]([O-])c1ccc(F)c(F)c1.O=[N+]([O-])c1ccc(N2CCC(O)CC2)c(F)c1.OC1CCNCC1. The number of benzene rings is 4. The van der Waals surface area contributed by atoms with Crippen molar-refractivity contribution in [2.45, 2.75) is 144 Å². The van der Waals surface area contributed by atoms with Crippen LogP contribution in [0.25, 0.3) is 22.1 Å². The fourth-order valence-electron chi connectivity index (χ4n) is 12.9. The average Bonchev–Trinajstić information content (AvgIpc) is 1.09. The molecule has 33 heteroatoms. The number of hydrogen-bond donors (Lipinski definition) is 7. The number of nitrogen functional groups attached to an aromatic ring is 1. The summed E-state index contributed by atoms with van der Waals surface area (Å²) in [6.07, 6.45) is 17.1. The van der Waals surface area contributed by atoms with Crippen molar-refractivity contribution in [3.63, 3.8) is 0 Å². The molecule has 8 heterocycles. The summed E-state index contributed by atoms with van der Waals surface area (Å²) >= 11 is 0. The van der Waals surface area contributed by atoms with Gasteiger partial charge in [-0.2, -0.15) is 15.5 Å². The number of aliphatic hydroxyl groups excluding tert-OH is 4. The van der Waals surface area contributed by atoms with Crippen LogP contribution in [0.1, 0.15) is 126 Å². The number of nitrogens with zero attached hydrogens (tertiary/aromatic N) is 13. The van der Waals surface area contributed by atoms with Crippen molar-refractivity contribution < 1.29 is 56.4 Å². The van der Waals surface area contributed by atoms with E-state index in [2.05, 4.69) is 30.6 Å². The molecule has 0 bridgehead atoms. The number of halogens is 5. The Morgan fingerprint density at radius 2 is 0.942 bits per heavy atom. The number of hydrogen-bond acceptors (Lipinski definition) is 23. The molecule has 4 aromatic heterocycles. The minimum atomic E-state index is -1.31. The van der Waals surface area contributed by atoms with Crippen LogP contribution < -0.4 is 42.2 Å². The summed E-state index contributed by atoms with van der Waals surface area (Å²) < 4.78 is 81.3. The second-order valence-corrected chi connectivity index (χ2v) is 27.1. The molecule has 1 unspecified atom stereocenters. The molecular weight excluding hydrogens is 1380 g/mol.